The van der Waals surface area contributed by atoms with Crippen LogP contribution in [0.5, 0.6) is 0 Å². The number of rotatable bonds is 5. The molecule has 0 fully saturated rings. The zero-order valence-corrected chi connectivity index (χ0v) is 10.4. The van der Waals surface area contributed by atoms with E-state index in [1.165, 1.54) is 6.20 Å². The van der Waals surface area contributed by atoms with Gasteiger partial charge in [0.1, 0.15) is 12.0 Å². The van der Waals surface area contributed by atoms with E-state index in [0.29, 0.717) is 17.4 Å². The fourth-order valence-corrected chi connectivity index (χ4v) is 1.95. The van der Waals surface area contributed by atoms with Crippen LogP contribution in [0, 0.1) is 17.0 Å². The minimum absolute atomic E-state index is 0.0584. The molecular formula is C10H15N3O2S. The van der Waals surface area contributed by atoms with E-state index in [1.807, 2.05) is 6.26 Å². The summed E-state index contributed by atoms with van der Waals surface area (Å²) in [7, 11) is 0. The maximum absolute atomic E-state index is 10.6. The predicted molar refractivity (Wildman–Crippen MR) is 67.1 cm³/mol. The van der Waals surface area contributed by atoms with Gasteiger partial charge in [0.05, 0.1) is 4.92 Å². The molecular weight excluding hydrogens is 226 g/mol. The summed E-state index contributed by atoms with van der Waals surface area (Å²) in [4.78, 5) is 14.2. The van der Waals surface area contributed by atoms with E-state index in [2.05, 4.69) is 17.2 Å². The highest BCUT2D eigenvalue weighted by Crippen LogP contribution is 2.19. The van der Waals surface area contributed by atoms with Gasteiger partial charge >= 0.3 is 0 Å². The average Bonchev–Trinajstić information content (AvgIpc) is 2.17. The molecule has 6 heteroatoms. The minimum Gasteiger partial charge on any atom is -0.367 e. The first-order valence-corrected chi connectivity index (χ1v) is 6.30. The Balaban J connectivity index is 2.77. The number of anilines is 1. The molecule has 0 saturated carbocycles. The SMILES string of the molecule is CSCC(C)Nc1cc(C)c([N+](=O)[O-])cn1. The Kier molecular flexibility index (Phi) is 4.54. The average molecular weight is 241 g/mol. The number of thioether (sulfide) groups is 1. The van der Waals surface area contributed by atoms with E-state index in [1.54, 1.807) is 24.8 Å². The lowest BCUT2D eigenvalue weighted by Crippen LogP contribution is -2.18. The highest BCUT2D eigenvalue weighted by molar-refractivity contribution is 7.98. The fourth-order valence-electron chi connectivity index (χ4n) is 1.36. The number of hydrogen-bond acceptors (Lipinski definition) is 5. The van der Waals surface area contributed by atoms with Crippen molar-refractivity contribution in [1.82, 2.24) is 4.98 Å². The number of pyridine rings is 1. The highest BCUT2D eigenvalue weighted by Gasteiger charge is 2.12. The van der Waals surface area contributed by atoms with Crippen molar-refractivity contribution in [2.24, 2.45) is 0 Å². The molecule has 0 aliphatic heterocycles. The first kappa shape index (κ1) is 12.8. The molecule has 0 aliphatic carbocycles. The van der Waals surface area contributed by atoms with E-state index < -0.39 is 4.92 Å². The van der Waals surface area contributed by atoms with Crippen LogP contribution in [0.15, 0.2) is 12.3 Å². The Hall–Kier alpha value is -1.30. The van der Waals surface area contributed by atoms with Crippen LogP contribution in [0.4, 0.5) is 11.5 Å². The van der Waals surface area contributed by atoms with Crippen LogP contribution >= 0.6 is 11.8 Å². The largest absolute Gasteiger partial charge is 0.367 e. The third-order valence-electron chi connectivity index (χ3n) is 2.09. The first-order valence-electron chi connectivity index (χ1n) is 4.91. The molecule has 0 amide bonds. The molecule has 1 atom stereocenters. The molecule has 1 rings (SSSR count). The molecule has 88 valence electrons. The van der Waals surface area contributed by atoms with Crippen molar-refractivity contribution < 1.29 is 4.92 Å². The number of nitrogens with one attached hydrogen (secondary N) is 1. The number of nitro groups is 1. The van der Waals surface area contributed by atoms with E-state index in [-0.39, 0.29) is 5.69 Å². The summed E-state index contributed by atoms with van der Waals surface area (Å²) in [5.41, 5.74) is 0.682. The first-order chi connectivity index (χ1) is 7.54. The number of hydrogen-bond donors (Lipinski definition) is 1. The summed E-state index contributed by atoms with van der Waals surface area (Å²) in [5.74, 6) is 1.65. The summed E-state index contributed by atoms with van der Waals surface area (Å²) in [6, 6.07) is 2.00. The van der Waals surface area contributed by atoms with Gasteiger partial charge in [0.25, 0.3) is 5.69 Å². The predicted octanol–water partition coefficient (Wildman–Crippen LogP) is 2.46. The standard InChI is InChI=1S/C10H15N3O2S/c1-7-4-10(12-8(2)6-16-3)11-5-9(7)13(14)15/h4-5,8H,6H2,1-3H3,(H,11,12). The molecule has 1 heterocycles. The Bertz CT molecular complexity index is 384. The zero-order valence-electron chi connectivity index (χ0n) is 9.56. The van der Waals surface area contributed by atoms with Gasteiger partial charge < -0.3 is 5.32 Å². The van der Waals surface area contributed by atoms with Gasteiger partial charge in [-0.3, -0.25) is 10.1 Å². The van der Waals surface area contributed by atoms with E-state index in [0.717, 1.165) is 5.75 Å². The Labute approximate surface area is 98.8 Å². The Morgan fingerprint density at radius 3 is 2.88 bits per heavy atom. The summed E-state index contributed by atoms with van der Waals surface area (Å²) in [6.07, 6.45) is 3.33. The smallest absolute Gasteiger partial charge is 0.290 e. The second-order valence-electron chi connectivity index (χ2n) is 3.61. The van der Waals surface area contributed by atoms with Crippen LogP contribution in [0.2, 0.25) is 0 Å². The summed E-state index contributed by atoms with van der Waals surface area (Å²) < 4.78 is 0. The van der Waals surface area contributed by atoms with Crippen LogP contribution in [0.1, 0.15) is 12.5 Å². The minimum atomic E-state index is -0.419. The van der Waals surface area contributed by atoms with Crippen molar-refractivity contribution in [3.05, 3.63) is 27.9 Å². The van der Waals surface area contributed by atoms with Crippen LogP contribution in [-0.2, 0) is 0 Å². The van der Waals surface area contributed by atoms with Gasteiger partial charge in [-0.25, -0.2) is 4.98 Å². The van der Waals surface area contributed by atoms with Crippen molar-refractivity contribution in [3.8, 4) is 0 Å². The van der Waals surface area contributed by atoms with Crippen LogP contribution in [0.3, 0.4) is 0 Å². The summed E-state index contributed by atoms with van der Waals surface area (Å²) in [6.45, 7) is 3.76. The highest BCUT2D eigenvalue weighted by atomic mass is 32.2. The van der Waals surface area contributed by atoms with Gasteiger partial charge in [-0.1, -0.05) is 0 Å². The lowest BCUT2D eigenvalue weighted by molar-refractivity contribution is -0.385. The van der Waals surface area contributed by atoms with Gasteiger partial charge in [0.2, 0.25) is 0 Å². The van der Waals surface area contributed by atoms with Gasteiger partial charge in [0.15, 0.2) is 0 Å². The molecule has 0 saturated heterocycles. The van der Waals surface area contributed by atoms with Crippen LogP contribution in [0.25, 0.3) is 0 Å². The second kappa shape index (κ2) is 5.69. The Morgan fingerprint density at radius 1 is 1.69 bits per heavy atom. The van der Waals surface area contributed by atoms with Crippen molar-refractivity contribution in [2.75, 3.05) is 17.3 Å². The molecule has 1 unspecified atom stereocenters. The number of aryl methyl sites for hydroxylation is 1. The third kappa shape index (κ3) is 3.37. The van der Waals surface area contributed by atoms with Crippen molar-refractivity contribution in [1.29, 1.82) is 0 Å². The number of nitrogens with zero attached hydrogens (tertiary/aromatic N) is 2. The quantitative estimate of drug-likeness (QED) is 0.633. The topological polar surface area (TPSA) is 68.1 Å². The molecule has 1 N–H and O–H groups in total. The van der Waals surface area contributed by atoms with E-state index in [9.17, 15) is 10.1 Å². The van der Waals surface area contributed by atoms with Gasteiger partial charge in [-0.15, -0.1) is 0 Å². The number of aromatic nitrogens is 1. The van der Waals surface area contributed by atoms with Crippen molar-refractivity contribution in [2.45, 2.75) is 19.9 Å². The monoisotopic (exact) mass is 241 g/mol. The van der Waals surface area contributed by atoms with Crippen LogP contribution in [-0.4, -0.2) is 28.0 Å². The lowest BCUT2D eigenvalue weighted by atomic mass is 10.2. The molecule has 0 aromatic carbocycles. The van der Waals surface area contributed by atoms with Crippen molar-refractivity contribution in [3.63, 3.8) is 0 Å². The molecule has 0 radical (unpaired) electrons. The van der Waals surface area contributed by atoms with Gasteiger partial charge in [0, 0.05) is 17.4 Å². The van der Waals surface area contributed by atoms with E-state index in [4.69, 9.17) is 0 Å². The van der Waals surface area contributed by atoms with Crippen LogP contribution < -0.4 is 5.32 Å². The molecule has 1 aromatic heterocycles. The van der Waals surface area contributed by atoms with Gasteiger partial charge in [-0.2, -0.15) is 11.8 Å². The summed E-state index contributed by atoms with van der Waals surface area (Å²) in [5, 5.41) is 13.8. The molecule has 0 bridgehead atoms. The van der Waals surface area contributed by atoms with Crippen molar-refractivity contribution >= 4 is 23.3 Å². The normalized spacial score (nSPS) is 12.2. The molecule has 0 aliphatic rings. The summed E-state index contributed by atoms with van der Waals surface area (Å²) >= 11 is 1.74. The molecule has 0 spiro atoms. The van der Waals surface area contributed by atoms with E-state index >= 15 is 0 Å². The Morgan fingerprint density at radius 2 is 2.38 bits per heavy atom. The maximum atomic E-state index is 10.6. The zero-order chi connectivity index (χ0) is 12.1. The fraction of sp³-hybridized carbons (Fsp3) is 0.500. The lowest BCUT2D eigenvalue weighted by Gasteiger charge is -2.13. The molecule has 1 aromatic rings. The maximum Gasteiger partial charge on any atom is 0.290 e. The van der Waals surface area contributed by atoms with Gasteiger partial charge in [-0.05, 0) is 26.2 Å². The molecule has 16 heavy (non-hydrogen) atoms. The second-order valence-corrected chi connectivity index (χ2v) is 4.52. The third-order valence-corrected chi connectivity index (χ3v) is 2.92. The molecule has 5 nitrogen and oxygen atoms in total.